The smallest absolute Gasteiger partial charge is 0.350 e. The van der Waals surface area contributed by atoms with Gasteiger partial charge in [-0.25, -0.2) is 9.78 Å². The molecule has 1 aliphatic rings. The van der Waals surface area contributed by atoms with Gasteiger partial charge in [-0.2, -0.15) is 0 Å². The van der Waals surface area contributed by atoms with Gasteiger partial charge in [-0.15, -0.1) is 0 Å². The lowest BCUT2D eigenvalue weighted by Crippen LogP contribution is -2.29. The van der Waals surface area contributed by atoms with Gasteiger partial charge < -0.3 is 28.8 Å². The molecule has 12 heteroatoms. The number of aliphatic hydroxyl groups is 1. The van der Waals surface area contributed by atoms with Crippen LogP contribution in [-0.2, 0) is 20.9 Å². The van der Waals surface area contributed by atoms with Crippen LogP contribution in [0, 0.1) is 13.8 Å². The normalized spacial score (nSPS) is 15.3. The van der Waals surface area contributed by atoms with Gasteiger partial charge in [0, 0.05) is 5.56 Å². The topological polar surface area (TPSA) is 134 Å². The Morgan fingerprint density at radius 2 is 1.69 bits per heavy atom. The average molecular weight is 671 g/mol. The Hall–Kier alpha value is -5.62. The van der Waals surface area contributed by atoms with Crippen LogP contribution in [0.4, 0.5) is 5.13 Å². The Bertz CT molecular complexity index is 1890. The lowest BCUT2D eigenvalue weighted by atomic mass is 9.94. The molecule has 1 aromatic heterocycles. The summed E-state index contributed by atoms with van der Waals surface area (Å²) in [6.07, 6.45) is 1.43. The van der Waals surface area contributed by atoms with Crippen molar-refractivity contribution in [2.75, 3.05) is 32.8 Å². The van der Waals surface area contributed by atoms with Crippen LogP contribution in [0.3, 0.4) is 0 Å². The lowest BCUT2D eigenvalue weighted by molar-refractivity contribution is -0.132. The molecule has 4 aromatic rings. The number of carbonyl (C=O) groups excluding carboxylic acids is 3. The van der Waals surface area contributed by atoms with Crippen molar-refractivity contribution >= 4 is 39.9 Å². The van der Waals surface area contributed by atoms with Crippen molar-refractivity contribution in [1.29, 1.82) is 0 Å². The second kappa shape index (κ2) is 14.4. The molecule has 1 unspecified atom stereocenters. The van der Waals surface area contributed by atoms with Gasteiger partial charge in [-0.05, 0) is 61.4 Å². The molecule has 1 aliphatic heterocycles. The fraction of sp³-hybridized carbons (Fsp3) is 0.222. The Morgan fingerprint density at radius 1 is 1.00 bits per heavy atom. The zero-order valence-corrected chi connectivity index (χ0v) is 27.9. The first kappa shape index (κ1) is 33.7. The number of carbonyl (C=O) groups is 3. The molecule has 1 amide bonds. The van der Waals surface area contributed by atoms with Crippen LogP contribution in [-0.4, -0.2) is 55.7 Å². The van der Waals surface area contributed by atoms with E-state index >= 15 is 0 Å². The molecule has 11 nitrogen and oxygen atoms in total. The van der Waals surface area contributed by atoms with Crippen LogP contribution in [0.25, 0.3) is 5.76 Å². The molecule has 0 spiro atoms. The van der Waals surface area contributed by atoms with Crippen molar-refractivity contribution in [1.82, 2.24) is 4.98 Å². The molecule has 248 valence electrons. The van der Waals surface area contributed by atoms with Gasteiger partial charge in [-0.3, -0.25) is 14.5 Å². The van der Waals surface area contributed by atoms with Crippen LogP contribution in [0.1, 0.15) is 43.7 Å². The predicted octanol–water partition coefficient (Wildman–Crippen LogP) is 6.33. The molecule has 2 heterocycles. The highest BCUT2D eigenvalue weighted by atomic mass is 32.1. The van der Waals surface area contributed by atoms with Gasteiger partial charge in [0.25, 0.3) is 5.78 Å². The van der Waals surface area contributed by atoms with E-state index in [2.05, 4.69) is 11.6 Å². The van der Waals surface area contributed by atoms with Crippen molar-refractivity contribution < 1.29 is 43.2 Å². The molecular weight excluding hydrogens is 636 g/mol. The minimum absolute atomic E-state index is 0.0167. The largest absolute Gasteiger partial charge is 0.507 e. The number of ketones is 1. The molecule has 0 saturated carbocycles. The number of aliphatic hydroxyl groups excluding tert-OH is 1. The maximum atomic E-state index is 13.8. The number of benzene rings is 3. The van der Waals surface area contributed by atoms with Crippen molar-refractivity contribution in [2.45, 2.75) is 26.5 Å². The first-order valence-electron chi connectivity index (χ1n) is 14.8. The monoisotopic (exact) mass is 670 g/mol. The number of rotatable bonds is 12. The zero-order chi connectivity index (χ0) is 34.5. The molecule has 1 N–H and O–H groups in total. The quantitative estimate of drug-likeness (QED) is 0.0599. The highest BCUT2D eigenvalue weighted by molar-refractivity contribution is 7.17. The van der Waals surface area contributed by atoms with E-state index in [1.807, 2.05) is 31.2 Å². The van der Waals surface area contributed by atoms with Crippen LogP contribution in [0.5, 0.6) is 23.0 Å². The predicted molar refractivity (Wildman–Crippen MR) is 180 cm³/mol. The maximum Gasteiger partial charge on any atom is 0.350 e. The minimum atomic E-state index is -1.20. The summed E-state index contributed by atoms with van der Waals surface area (Å²) < 4.78 is 27.7. The molecule has 1 saturated heterocycles. The van der Waals surface area contributed by atoms with Gasteiger partial charge in [0.1, 0.15) is 29.6 Å². The highest BCUT2D eigenvalue weighted by Crippen LogP contribution is 2.48. The van der Waals surface area contributed by atoms with Gasteiger partial charge in [0.15, 0.2) is 16.6 Å². The Kier molecular flexibility index (Phi) is 10.1. The first-order chi connectivity index (χ1) is 23.1. The van der Waals surface area contributed by atoms with E-state index in [9.17, 15) is 19.5 Å². The number of nitrogens with zero attached hydrogens (tertiary/aromatic N) is 2. The third-order valence-corrected chi connectivity index (χ3v) is 8.71. The number of ether oxygens (including phenoxy) is 5. The number of methoxy groups -OCH3 is 3. The molecule has 1 atom stereocenters. The fourth-order valence-electron chi connectivity index (χ4n) is 5.31. The van der Waals surface area contributed by atoms with Gasteiger partial charge >= 0.3 is 11.9 Å². The molecule has 3 aromatic carbocycles. The van der Waals surface area contributed by atoms with Crippen molar-refractivity contribution in [3.8, 4) is 23.0 Å². The number of aromatic nitrogens is 1. The minimum Gasteiger partial charge on any atom is -0.507 e. The number of aryl methyl sites for hydroxylation is 2. The van der Waals surface area contributed by atoms with E-state index < -0.39 is 29.5 Å². The average Bonchev–Trinajstić information content (AvgIpc) is 3.61. The Labute approximate surface area is 281 Å². The van der Waals surface area contributed by atoms with E-state index in [-0.39, 0.29) is 39.3 Å². The first-order valence-corrected chi connectivity index (χ1v) is 15.6. The summed E-state index contributed by atoms with van der Waals surface area (Å²) in [5, 5.41) is 11.7. The number of esters is 1. The zero-order valence-electron chi connectivity index (χ0n) is 27.1. The number of anilines is 1. The Balaban J connectivity index is 1.60. The van der Waals surface area contributed by atoms with Gasteiger partial charge in [-0.1, -0.05) is 53.8 Å². The summed E-state index contributed by atoms with van der Waals surface area (Å²) in [4.78, 5) is 46.1. The maximum absolute atomic E-state index is 13.8. The van der Waals surface area contributed by atoms with Crippen molar-refractivity contribution in [2.24, 2.45) is 0 Å². The molecule has 0 aliphatic carbocycles. The number of Topliss-reactive ketones (excluding diaryl/α,β-unsaturated/α-hetero) is 1. The SMILES string of the molecule is C=CCOC(=O)c1sc(N2C(=O)C(=O)/C(=C(/O)c3ccc(OCc4cccc(C)c4)cc3)C2c2cc(OC)c(OC)c(OC)c2)nc1C. The summed E-state index contributed by atoms with van der Waals surface area (Å²) in [5.74, 6) is -1.61. The second-order valence-corrected chi connectivity index (χ2v) is 11.7. The van der Waals surface area contributed by atoms with Crippen LogP contribution in [0.15, 0.2) is 78.9 Å². The molecular formula is C36H34N2O9S. The van der Waals surface area contributed by atoms with Crippen molar-refractivity contribution in [3.05, 3.63) is 112 Å². The Morgan fingerprint density at radius 3 is 2.29 bits per heavy atom. The van der Waals surface area contributed by atoms with Crippen LogP contribution in [0.2, 0.25) is 0 Å². The summed E-state index contributed by atoms with van der Waals surface area (Å²) in [5.41, 5.74) is 2.85. The van der Waals surface area contributed by atoms with E-state index in [1.165, 1.54) is 27.4 Å². The van der Waals surface area contributed by atoms with E-state index in [0.717, 1.165) is 27.4 Å². The summed E-state index contributed by atoms with van der Waals surface area (Å²) in [7, 11) is 4.32. The molecule has 5 rings (SSSR count). The molecule has 1 fully saturated rings. The van der Waals surface area contributed by atoms with E-state index in [4.69, 9.17) is 23.7 Å². The number of hydrogen-bond donors (Lipinski definition) is 1. The van der Waals surface area contributed by atoms with Crippen LogP contribution < -0.4 is 23.8 Å². The molecule has 48 heavy (non-hydrogen) atoms. The number of hydrogen-bond acceptors (Lipinski definition) is 11. The summed E-state index contributed by atoms with van der Waals surface area (Å²) >= 11 is 0.888. The standard InChI is InChI=1S/C36H34N2O9S/c1-7-15-46-35(42)33-21(3)37-36(48-33)38-29(24-17-26(43-4)32(45-6)27(18-24)44-5)28(31(40)34(38)41)30(39)23-11-13-25(14-12-23)47-19-22-10-8-9-20(2)16-22/h7-14,16-18,29,39H,1,15,19H2,2-6H3/b30-28+. The molecule has 0 bridgehead atoms. The van der Waals surface area contributed by atoms with Gasteiger partial charge in [0.2, 0.25) is 5.75 Å². The van der Waals surface area contributed by atoms with Gasteiger partial charge in [0.05, 0.1) is 38.6 Å². The number of amides is 1. The number of thiazole rings is 1. The van der Waals surface area contributed by atoms with E-state index in [1.54, 1.807) is 43.3 Å². The van der Waals surface area contributed by atoms with Crippen molar-refractivity contribution in [3.63, 3.8) is 0 Å². The molecule has 0 radical (unpaired) electrons. The summed E-state index contributed by atoms with van der Waals surface area (Å²) in [6.45, 7) is 7.48. The lowest BCUT2D eigenvalue weighted by Gasteiger charge is -2.24. The third kappa shape index (κ3) is 6.60. The van der Waals surface area contributed by atoms with E-state index in [0.29, 0.717) is 29.4 Å². The second-order valence-electron chi connectivity index (χ2n) is 10.7. The third-order valence-electron chi connectivity index (χ3n) is 7.57. The summed E-state index contributed by atoms with van der Waals surface area (Å²) in [6, 6.07) is 16.5. The van der Waals surface area contributed by atoms with Crippen LogP contribution >= 0.6 is 11.3 Å². The fourth-order valence-corrected chi connectivity index (χ4v) is 6.30. The highest BCUT2D eigenvalue weighted by Gasteiger charge is 2.49.